The maximum Gasteiger partial charge on any atom is 0.410 e. The molecule has 25 heavy (non-hydrogen) atoms. The molecule has 0 saturated carbocycles. The molecule has 1 aromatic carbocycles. The van der Waals surface area contributed by atoms with Crippen LogP contribution in [0.2, 0.25) is 0 Å². The van der Waals surface area contributed by atoms with E-state index in [0.29, 0.717) is 5.75 Å². The van der Waals surface area contributed by atoms with E-state index in [1.165, 1.54) is 0 Å². The minimum atomic E-state index is -0.782. The summed E-state index contributed by atoms with van der Waals surface area (Å²) in [5.41, 5.74) is 7.16. The van der Waals surface area contributed by atoms with E-state index in [1.807, 2.05) is 42.6 Å². The van der Waals surface area contributed by atoms with Crippen molar-refractivity contribution in [2.45, 2.75) is 6.42 Å². The third-order valence-electron chi connectivity index (χ3n) is 4.26. The van der Waals surface area contributed by atoms with Crippen LogP contribution >= 0.6 is 0 Å². The van der Waals surface area contributed by atoms with Gasteiger partial charge in [-0.15, -0.1) is 0 Å². The van der Waals surface area contributed by atoms with Gasteiger partial charge in [-0.05, 0) is 37.1 Å². The van der Waals surface area contributed by atoms with Crippen LogP contribution in [0.4, 0.5) is 10.5 Å². The highest BCUT2D eigenvalue weighted by Gasteiger charge is 2.20. The van der Waals surface area contributed by atoms with Crippen molar-refractivity contribution in [3.05, 3.63) is 60.8 Å². The second-order valence-electron chi connectivity index (χ2n) is 5.99. The molecule has 0 bridgehead atoms. The summed E-state index contributed by atoms with van der Waals surface area (Å²) >= 11 is 0. The molecule has 1 saturated heterocycles. The lowest BCUT2D eigenvalue weighted by molar-refractivity contribution is 0.210. The topological polar surface area (TPSA) is 71.7 Å². The van der Waals surface area contributed by atoms with Crippen LogP contribution in [0.15, 0.2) is 48.7 Å². The first-order valence-corrected chi connectivity index (χ1v) is 8.47. The van der Waals surface area contributed by atoms with Gasteiger partial charge in [0.15, 0.2) is 5.75 Å². The van der Waals surface area contributed by atoms with Crippen molar-refractivity contribution in [3.8, 4) is 5.75 Å². The average Bonchev–Trinajstić information content (AvgIpc) is 2.63. The van der Waals surface area contributed by atoms with E-state index in [1.54, 1.807) is 6.07 Å². The van der Waals surface area contributed by atoms with E-state index >= 15 is 0 Å². The van der Waals surface area contributed by atoms with Crippen LogP contribution in [-0.4, -0.2) is 48.7 Å². The Balaban J connectivity index is 1.48. The van der Waals surface area contributed by atoms with Gasteiger partial charge < -0.3 is 15.4 Å². The molecule has 131 valence electrons. The summed E-state index contributed by atoms with van der Waals surface area (Å²) < 4.78 is 5.11. The molecule has 2 aromatic rings. The summed E-state index contributed by atoms with van der Waals surface area (Å²) in [6.07, 6.45) is 4.20. The number of carbonyl (C=O) groups excluding carboxylic acids is 1. The van der Waals surface area contributed by atoms with E-state index in [9.17, 15) is 4.79 Å². The van der Waals surface area contributed by atoms with E-state index < -0.39 is 6.09 Å². The molecule has 1 aromatic heterocycles. The van der Waals surface area contributed by atoms with Gasteiger partial charge in [-0.2, -0.15) is 0 Å². The quantitative estimate of drug-likeness (QED) is 0.873. The van der Waals surface area contributed by atoms with E-state index in [0.717, 1.165) is 50.5 Å². The predicted octanol–water partition coefficient (Wildman–Crippen LogP) is 2.11. The van der Waals surface area contributed by atoms with Crippen LogP contribution in [0, 0.1) is 6.42 Å². The van der Waals surface area contributed by atoms with Crippen molar-refractivity contribution >= 4 is 11.8 Å². The fourth-order valence-electron chi connectivity index (χ4n) is 3.00. The number of carbonyl (C=O) groups is 1. The maximum absolute atomic E-state index is 11.1. The van der Waals surface area contributed by atoms with Gasteiger partial charge in [0.1, 0.15) is 0 Å². The normalized spacial score (nSPS) is 15.1. The van der Waals surface area contributed by atoms with E-state index in [-0.39, 0.29) is 0 Å². The number of rotatable bonds is 6. The molecule has 0 atom stereocenters. The highest BCUT2D eigenvalue weighted by atomic mass is 16.5. The Labute approximate surface area is 148 Å². The molecule has 1 fully saturated rings. The lowest BCUT2D eigenvalue weighted by Crippen LogP contribution is -2.47. The van der Waals surface area contributed by atoms with Gasteiger partial charge in [0, 0.05) is 44.6 Å². The van der Waals surface area contributed by atoms with Gasteiger partial charge >= 0.3 is 6.09 Å². The Morgan fingerprint density at radius 3 is 2.60 bits per heavy atom. The number of piperazine rings is 1. The zero-order chi connectivity index (χ0) is 17.5. The number of anilines is 1. The highest BCUT2D eigenvalue weighted by molar-refractivity contribution is 5.72. The van der Waals surface area contributed by atoms with Crippen LogP contribution < -0.4 is 15.4 Å². The lowest BCUT2D eigenvalue weighted by Gasteiger charge is -2.36. The smallest absolute Gasteiger partial charge is 0.408 e. The molecule has 2 N–H and O–H groups in total. The summed E-state index contributed by atoms with van der Waals surface area (Å²) in [7, 11) is 0. The van der Waals surface area contributed by atoms with E-state index in [4.69, 9.17) is 10.5 Å². The number of benzene rings is 1. The van der Waals surface area contributed by atoms with E-state index in [2.05, 4.69) is 21.2 Å². The van der Waals surface area contributed by atoms with Crippen LogP contribution in [0.1, 0.15) is 5.69 Å². The maximum atomic E-state index is 11.1. The lowest BCUT2D eigenvalue weighted by atomic mass is 10.2. The number of primary amides is 1. The largest absolute Gasteiger partial charge is 0.410 e. The zero-order valence-corrected chi connectivity index (χ0v) is 14.2. The first-order chi connectivity index (χ1) is 12.2. The van der Waals surface area contributed by atoms with Gasteiger partial charge in [0.2, 0.25) is 0 Å². The van der Waals surface area contributed by atoms with Crippen LogP contribution in [0.5, 0.6) is 5.75 Å². The van der Waals surface area contributed by atoms with Crippen molar-refractivity contribution in [2.24, 2.45) is 5.73 Å². The Bertz CT molecular complexity index is 685. The summed E-state index contributed by atoms with van der Waals surface area (Å²) in [5, 5.41) is 0. The van der Waals surface area contributed by atoms with Crippen molar-refractivity contribution in [2.75, 3.05) is 37.6 Å². The monoisotopic (exact) mass is 339 g/mol. The number of nitrogens with two attached hydrogens (primary N) is 1. The Morgan fingerprint density at radius 2 is 1.88 bits per heavy atom. The number of nitrogens with zero attached hydrogens (tertiary/aromatic N) is 3. The number of amides is 1. The van der Waals surface area contributed by atoms with Crippen LogP contribution in [0.3, 0.4) is 0 Å². The van der Waals surface area contributed by atoms with Gasteiger partial charge in [0.05, 0.1) is 5.69 Å². The summed E-state index contributed by atoms with van der Waals surface area (Å²) in [6.45, 7) is 4.64. The van der Waals surface area contributed by atoms with Crippen LogP contribution in [0.25, 0.3) is 0 Å². The Hall–Kier alpha value is -2.60. The SMILES string of the molecule is NC(=O)Oc1ccccc1N1CCN(C[CH]Cc2ccccn2)CC1. The van der Waals surface area contributed by atoms with Crippen molar-refractivity contribution < 1.29 is 9.53 Å². The molecule has 1 aliphatic heterocycles. The molecule has 2 heterocycles. The van der Waals surface area contributed by atoms with Gasteiger partial charge in [-0.1, -0.05) is 18.2 Å². The molecular formula is C19H23N4O2. The molecule has 0 spiro atoms. The first kappa shape index (κ1) is 17.2. The minimum absolute atomic E-state index is 0.519. The van der Waals surface area contributed by atoms with Crippen LogP contribution in [-0.2, 0) is 6.42 Å². The second-order valence-corrected chi connectivity index (χ2v) is 5.99. The predicted molar refractivity (Wildman–Crippen MR) is 97.5 cm³/mol. The molecule has 0 unspecified atom stereocenters. The number of para-hydroxylation sites is 2. The molecule has 6 heteroatoms. The number of hydrogen-bond acceptors (Lipinski definition) is 5. The molecular weight excluding hydrogens is 316 g/mol. The molecule has 0 aliphatic carbocycles. The fourth-order valence-corrected chi connectivity index (χ4v) is 3.00. The molecule has 1 amide bonds. The standard InChI is InChI=1S/C19H23N4O2/c20-19(24)25-18-9-2-1-8-17(18)23-14-12-22(13-15-23)11-5-7-16-6-3-4-10-21-16/h1-6,8-10H,7,11-15H2,(H2,20,24). The minimum Gasteiger partial charge on any atom is -0.408 e. The summed E-state index contributed by atoms with van der Waals surface area (Å²) in [6, 6.07) is 13.5. The number of pyridine rings is 1. The molecule has 1 aliphatic rings. The Morgan fingerprint density at radius 1 is 1.12 bits per heavy atom. The molecule has 1 radical (unpaired) electrons. The average molecular weight is 339 g/mol. The van der Waals surface area contributed by atoms with Gasteiger partial charge in [-0.3, -0.25) is 9.88 Å². The summed E-state index contributed by atoms with van der Waals surface area (Å²) in [5.74, 6) is 0.519. The summed E-state index contributed by atoms with van der Waals surface area (Å²) in [4.78, 5) is 20.0. The number of ether oxygens (including phenoxy) is 1. The van der Waals surface area contributed by atoms with Crippen molar-refractivity contribution in [3.63, 3.8) is 0 Å². The zero-order valence-electron chi connectivity index (χ0n) is 14.2. The van der Waals surface area contributed by atoms with Gasteiger partial charge in [-0.25, -0.2) is 4.79 Å². The second kappa shape index (κ2) is 8.48. The third-order valence-corrected chi connectivity index (χ3v) is 4.26. The Kier molecular flexibility index (Phi) is 5.85. The first-order valence-electron chi connectivity index (χ1n) is 8.47. The number of hydrogen-bond donors (Lipinski definition) is 1. The molecule has 3 rings (SSSR count). The fraction of sp³-hybridized carbons (Fsp3) is 0.316. The van der Waals surface area contributed by atoms with Crippen molar-refractivity contribution in [1.82, 2.24) is 9.88 Å². The van der Waals surface area contributed by atoms with Gasteiger partial charge in [0.25, 0.3) is 0 Å². The highest BCUT2D eigenvalue weighted by Crippen LogP contribution is 2.28. The van der Waals surface area contributed by atoms with Crippen molar-refractivity contribution in [1.29, 1.82) is 0 Å². The molecule has 6 nitrogen and oxygen atoms in total. The third kappa shape index (κ3) is 4.93. The number of aromatic nitrogens is 1.